The van der Waals surface area contributed by atoms with Crippen LogP contribution in [-0.4, -0.2) is 17.6 Å². The summed E-state index contributed by atoms with van der Waals surface area (Å²) in [5, 5.41) is 11.9. The number of carbonyl (C=O) groups is 1. The third-order valence-corrected chi connectivity index (χ3v) is 3.10. The lowest BCUT2D eigenvalue weighted by molar-refractivity contribution is -0.123. The number of benzene rings is 1. The van der Waals surface area contributed by atoms with Crippen LogP contribution in [-0.2, 0) is 4.79 Å². The van der Waals surface area contributed by atoms with Gasteiger partial charge in [0, 0.05) is 5.92 Å². The zero-order valence-corrected chi connectivity index (χ0v) is 9.88. The molecule has 0 saturated heterocycles. The number of hydrogen-bond donors (Lipinski definition) is 2. The van der Waals surface area contributed by atoms with E-state index in [1.165, 1.54) is 12.1 Å². The van der Waals surface area contributed by atoms with Crippen molar-refractivity contribution in [1.82, 2.24) is 5.32 Å². The van der Waals surface area contributed by atoms with Gasteiger partial charge in [-0.05, 0) is 30.5 Å². The van der Waals surface area contributed by atoms with Gasteiger partial charge in [0.25, 0.3) is 0 Å². The Bertz CT molecular complexity index is 435. The van der Waals surface area contributed by atoms with E-state index in [9.17, 15) is 14.3 Å². The molecular formula is C12H13ClFNO2. The highest BCUT2D eigenvalue weighted by Gasteiger charge is 2.31. The van der Waals surface area contributed by atoms with E-state index in [1.807, 2.05) is 0 Å². The van der Waals surface area contributed by atoms with Crippen LogP contribution >= 0.6 is 11.6 Å². The largest absolute Gasteiger partial charge is 0.394 e. The molecule has 1 saturated carbocycles. The lowest BCUT2D eigenvalue weighted by Gasteiger charge is -2.16. The molecule has 1 aromatic carbocycles. The first-order valence-electron chi connectivity index (χ1n) is 5.48. The topological polar surface area (TPSA) is 49.3 Å². The van der Waals surface area contributed by atoms with Crippen molar-refractivity contribution in [3.63, 3.8) is 0 Å². The van der Waals surface area contributed by atoms with E-state index in [0.717, 1.165) is 12.8 Å². The number of nitrogens with one attached hydrogen (secondary N) is 1. The Morgan fingerprint density at radius 1 is 1.59 bits per heavy atom. The normalized spacial score (nSPS) is 16.6. The third-order valence-electron chi connectivity index (χ3n) is 2.79. The van der Waals surface area contributed by atoms with E-state index in [4.69, 9.17) is 11.6 Å². The molecule has 0 bridgehead atoms. The van der Waals surface area contributed by atoms with Gasteiger partial charge in [0.15, 0.2) is 0 Å². The molecule has 0 aliphatic heterocycles. The van der Waals surface area contributed by atoms with Crippen LogP contribution in [0.5, 0.6) is 0 Å². The van der Waals surface area contributed by atoms with Crippen LogP contribution in [0.2, 0.25) is 5.02 Å². The van der Waals surface area contributed by atoms with Gasteiger partial charge in [-0.25, -0.2) is 4.39 Å². The molecule has 3 nitrogen and oxygen atoms in total. The molecule has 0 spiro atoms. The number of aliphatic hydroxyl groups excluding tert-OH is 1. The third kappa shape index (κ3) is 2.96. The van der Waals surface area contributed by atoms with Gasteiger partial charge < -0.3 is 10.4 Å². The minimum atomic E-state index is -0.574. The summed E-state index contributed by atoms with van der Waals surface area (Å²) in [6.45, 7) is -0.264. The fourth-order valence-corrected chi connectivity index (χ4v) is 1.72. The SMILES string of the molecule is O=C(NC(CO)c1ccc(Cl)c(F)c1)C1CC1. The van der Waals surface area contributed by atoms with Crippen LogP contribution in [0.4, 0.5) is 4.39 Å². The molecule has 1 unspecified atom stereocenters. The Morgan fingerprint density at radius 3 is 2.82 bits per heavy atom. The molecule has 92 valence electrons. The van der Waals surface area contributed by atoms with Crippen molar-refractivity contribution in [3.05, 3.63) is 34.6 Å². The zero-order chi connectivity index (χ0) is 12.4. The molecule has 1 aliphatic carbocycles. The van der Waals surface area contributed by atoms with E-state index >= 15 is 0 Å². The maximum atomic E-state index is 13.3. The summed E-state index contributed by atoms with van der Waals surface area (Å²) < 4.78 is 13.3. The van der Waals surface area contributed by atoms with Crippen LogP contribution in [0.3, 0.4) is 0 Å². The molecule has 2 N–H and O–H groups in total. The van der Waals surface area contributed by atoms with Crippen molar-refractivity contribution in [2.45, 2.75) is 18.9 Å². The van der Waals surface area contributed by atoms with Gasteiger partial charge >= 0.3 is 0 Å². The molecule has 1 amide bonds. The van der Waals surface area contributed by atoms with E-state index in [2.05, 4.69) is 5.32 Å². The van der Waals surface area contributed by atoms with Crippen molar-refractivity contribution in [2.75, 3.05) is 6.61 Å². The van der Waals surface area contributed by atoms with Crippen LogP contribution in [0.15, 0.2) is 18.2 Å². The molecule has 1 fully saturated rings. The minimum absolute atomic E-state index is 0.0268. The second-order valence-electron chi connectivity index (χ2n) is 4.19. The predicted octanol–water partition coefficient (Wildman–Crippen LogP) is 2.04. The van der Waals surface area contributed by atoms with Crippen LogP contribution < -0.4 is 5.32 Å². The van der Waals surface area contributed by atoms with Gasteiger partial charge in [-0.15, -0.1) is 0 Å². The summed E-state index contributed by atoms with van der Waals surface area (Å²) in [6, 6.07) is 3.67. The molecule has 1 atom stereocenters. The number of hydrogen-bond acceptors (Lipinski definition) is 2. The molecule has 2 rings (SSSR count). The summed E-state index contributed by atoms with van der Waals surface area (Å²) in [4.78, 5) is 11.6. The lowest BCUT2D eigenvalue weighted by Crippen LogP contribution is -2.31. The zero-order valence-electron chi connectivity index (χ0n) is 9.12. The van der Waals surface area contributed by atoms with Crippen LogP contribution in [0.25, 0.3) is 0 Å². The molecule has 5 heteroatoms. The molecule has 0 radical (unpaired) electrons. The van der Waals surface area contributed by atoms with E-state index in [1.54, 1.807) is 6.07 Å². The first-order chi connectivity index (χ1) is 8.11. The number of rotatable bonds is 4. The van der Waals surface area contributed by atoms with Gasteiger partial charge in [0.1, 0.15) is 5.82 Å². The van der Waals surface area contributed by atoms with Gasteiger partial charge in [-0.2, -0.15) is 0 Å². The second kappa shape index (κ2) is 5.02. The average molecular weight is 258 g/mol. The average Bonchev–Trinajstić information content (AvgIpc) is 3.13. The van der Waals surface area contributed by atoms with Crippen molar-refractivity contribution in [1.29, 1.82) is 0 Å². The second-order valence-corrected chi connectivity index (χ2v) is 4.60. The molecule has 1 aromatic rings. The summed E-state index contributed by atoms with van der Waals surface area (Å²) in [5.41, 5.74) is 0.517. The van der Waals surface area contributed by atoms with E-state index < -0.39 is 11.9 Å². The minimum Gasteiger partial charge on any atom is -0.394 e. The Labute approximate surface area is 104 Å². The van der Waals surface area contributed by atoms with Crippen molar-refractivity contribution < 1.29 is 14.3 Å². The number of amides is 1. The van der Waals surface area contributed by atoms with E-state index in [0.29, 0.717) is 5.56 Å². The highest BCUT2D eigenvalue weighted by Crippen LogP contribution is 2.30. The molecule has 0 aromatic heterocycles. The van der Waals surface area contributed by atoms with Gasteiger partial charge in [0.05, 0.1) is 17.7 Å². The Morgan fingerprint density at radius 2 is 2.29 bits per heavy atom. The molecule has 0 heterocycles. The van der Waals surface area contributed by atoms with Gasteiger partial charge in [-0.3, -0.25) is 4.79 Å². The predicted molar refractivity (Wildman–Crippen MR) is 62.1 cm³/mol. The first kappa shape index (κ1) is 12.3. The van der Waals surface area contributed by atoms with Gasteiger partial charge in [-0.1, -0.05) is 17.7 Å². The van der Waals surface area contributed by atoms with Gasteiger partial charge in [0.2, 0.25) is 5.91 Å². The smallest absolute Gasteiger partial charge is 0.223 e. The highest BCUT2D eigenvalue weighted by molar-refractivity contribution is 6.30. The van der Waals surface area contributed by atoms with Crippen molar-refractivity contribution in [2.24, 2.45) is 5.92 Å². The highest BCUT2D eigenvalue weighted by atomic mass is 35.5. The number of aliphatic hydroxyl groups is 1. The lowest BCUT2D eigenvalue weighted by atomic mass is 10.1. The Hall–Kier alpha value is -1.13. The van der Waals surface area contributed by atoms with Crippen LogP contribution in [0, 0.1) is 11.7 Å². The van der Waals surface area contributed by atoms with Crippen molar-refractivity contribution in [3.8, 4) is 0 Å². The van der Waals surface area contributed by atoms with E-state index in [-0.39, 0.29) is 23.5 Å². The molecule has 1 aliphatic rings. The maximum absolute atomic E-state index is 13.3. The maximum Gasteiger partial charge on any atom is 0.223 e. The summed E-state index contributed by atoms with van der Waals surface area (Å²) in [7, 11) is 0. The number of carbonyl (C=O) groups excluding carboxylic acids is 1. The first-order valence-corrected chi connectivity index (χ1v) is 5.86. The Kier molecular flexibility index (Phi) is 3.64. The summed E-state index contributed by atoms with van der Waals surface area (Å²) >= 11 is 5.57. The fraction of sp³-hybridized carbons (Fsp3) is 0.417. The number of halogens is 2. The van der Waals surface area contributed by atoms with Crippen LogP contribution in [0.1, 0.15) is 24.4 Å². The standard InChI is InChI=1S/C12H13ClFNO2/c13-9-4-3-8(5-10(9)14)11(6-16)15-12(17)7-1-2-7/h3-5,7,11,16H,1-2,6H2,(H,15,17). The summed E-state index contributed by atoms with van der Waals surface area (Å²) in [6.07, 6.45) is 1.78. The van der Waals surface area contributed by atoms with Crippen molar-refractivity contribution >= 4 is 17.5 Å². The summed E-state index contributed by atoms with van der Waals surface area (Å²) in [5.74, 6) is -0.580. The quantitative estimate of drug-likeness (QED) is 0.867. The fourth-order valence-electron chi connectivity index (χ4n) is 1.60. The molecule has 17 heavy (non-hydrogen) atoms. The Balaban J connectivity index is 2.10. The molecular weight excluding hydrogens is 245 g/mol. The monoisotopic (exact) mass is 257 g/mol.